The highest BCUT2D eigenvalue weighted by atomic mass is 16.5. The van der Waals surface area contributed by atoms with Crippen molar-refractivity contribution in [2.75, 3.05) is 19.8 Å². The summed E-state index contributed by atoms with van der Waals surface area (Å²) in [5.41, 5.74) is 1.04. The number of aromatic nitrogens is 1. The summed E-state index contributed by atoms with van der Waals surface area (Å²) in [6.07, 6.45) is 3.53. The minimum atomic E-state index is 0.179. The van der Waals surface area contributed by atoms with E-state index in [0.29, 0.717) is 18.9 Å². The third kappa shape index (κ3) is 3.28. The molecule has 1 aromatic rings. The molecule has 0 radical (unpaired) electrons. The van der Waals surface area contributed by atoms with Gasteiger partial charge in [0.25, 0.3) is 0 Å². The van der Waals surface area contributed by atoms with Crippen LogP contribution in [-0.4, -0.2) is 35.7 Å². The molecule has 0 aromatic carbocycles. The van der Waals surface area contributed by atoms with Gasteiger partial charge < -0.3 is 14.2 Å². The molecule has 1 unspecified atom stereocenters. The molecule has 1 amide bonds. The van der Waals surface area contributed by atoms with Gasteiger partial charge in [-0.3, -0.25) is 4.79 Å². The van der Waals surface area contributed by atoms with Gasteiger partial charge in [0.1, 0.15) is 11.5 Å². The molecular weight excluding hydrogens is 268 g/mol. The van der Waals surface area contributed by atoms with Crippen LogP contribution in [0.2, 0.25) is 0 Å². The van der Waals surface area contributed by atoms with Crippen LogP contribution >= 0.6 is 0 Å². The van der Waals surface area contributed by atoms with E-state index >= 15 is 0 Å². The van der Waals surface area contributed by atoms with E-state index in [0.717, 1.165) is 50.5 Å². The van der Waals surface area contributed by atoms with Gasteiger partial charge in [0, 0.05) is 37.5 Å². The van der Waals surface area contributed by atoms with Gasteiger partial charge in [-0.2, -0.15) is 0 Å². The maximum atomic E-state index is 12.1. The summed E-state index contributed by atoms with van der Waals surface area (Å²) in [6, 6.07) is 1.99. The minimum Gasteiger partial charge on any atom is -0.381 e. The fourth-order valence-electron chi connectivity index (χ4n) is 3.34. The Morgan fingerprint density at radius 1 is 1.43 bits per heavy atom. The highest BCUT2D eigenvalue weighted by Gasteiger charge is 2.41. The zero-order chi connectivity index (χ0) is 14.9. The second-order valence-electron chi connectivity index (χ2n) is 6.93. The molecular formula is C16H24N2O3. The SMILES string of the molecule is CC(C)Cc1cc(CN2CC3(CCOC3)CCC2=O)no1. The fourth-order valence-corrected chi connectivity index (χ4v) is 3.34. The zero-order valence-corrected chi connectivity index (χ0v) is 12.9. The normalized spacial score (nSPS) is 26.2. The smallest absolute Gasteiger partial charge is 0.222 e. The molecule has 3 heterocycles. The van der Waals surface area contributed by atoms with E-state index in [1.165, 1.54) is 0 Å². The highest BCUT2D eigenvalue weighted by Crippen LogP contribution is 2.38. The number of hydrogen-bond acceptors (Lipinski definition) is 4. The van der Waals surface area contributed by atoms with Crippen molar-refractivity contribution in [3.63, 3.8) is 0 Å². The molecule has 2 aliphatic rings. The van der Waals surface area contributed by atoms with E-state index in [-0.39, 0.29) is 11.3 Å². The largest absolute Gasteiger partial charge is 0.381 e. The molecule has 2 fully saturated rings. The van der Waals surface area contributed by atoms with Gasteiger partial charge in [-0.1, -0.05) is 19.0 Å². The topological polar surface area (TPSA) is 55.6 Å². The Bertz CT molecular complexity index is 503. The van der Waals surface area contributed by atoms with Gasteiger partial charge in [0.2, 0.25) is 5.91 Å². The Kier molecular flexibility index (Phi) is 4.02. The van der Waals surface area contributed by atoms with E-state index in [1.54, 1.807) is 0 Å². The number of likely N-dealkylation sites (tertiary alicyclic amines) is 1. The Morgan fingerprint density at radius 2 is 2.29 bits per heavy atom. The fraction of sp³-hybridized carbons (Fsp3) is 0.750. The van der Waals surface area contributed by atoms with E-state index in [2.05, 4.69) is 19.0 Å². The van der Waals surface area contributed by atoms with Crippen LogP contribution in [0, 0.1) is 11.3 Å². The van der Waals surface area contributed by atoms with Crippen molar-refractivity contribution in [3.8, 4) is 0 Å². The van der Waals surface area contributed by atoms with E-state index in [4.69, 9.17) is 9.26 Å². The van der Waals surface area contributed by atoms with E-state index < -0.39 is 0 Å². The first-order chi connectivity index (χ1) is 10.1. The number of ether oxygens (including phenoxy) is 1. The summed E-state index contributed by atoms with van der Waals surface area (Å²) in [5, 5.41) is 4.11. The van der Waals surface area contributed by atoms with Gasteiger partial charge in [-0.25, -0.2) is 0 Å². The number of amides is 1. The number of piperidine rings is 1. The third-order valence-electron chi connectivity index (χ3n) is 4.50. The summed E-state index contributed by atoms with van der Waals surface area (Å²) in [6.45, 7) is 7.26. The molecule has 0 N–H and O–H groups in total. The van der Waals surface area contributed by atoms with Crippen molar-refractivity contribution >= 4 is 5.91 Å². The number of nitrogens with zero attached hydrogens (tertiary/aromatic N) is 2. The minimum absolute atomic E-state index is 0.179. The monoisotopic (exact) mass is 292 g/mol. The number of carbonyl (C=O) groups excluding carboxylic acids is 1. The van der Waals surface area contributed by atoms with E-state index in [9.17, 15) is 4.79 Å². The number of rotatable bonds is 4. The van der Waals surface area contributed by atoms with Crippen LogP contribution in [0.3, 0.4) is 0 Å². The molecule has 1 aromatic heterocycles. The van der Waals surface area contributed by atoms with Gasteiger partial charge in [0.05, 0.1) is 13.2 Å². The summed E-state index contributed by atoms with van der Waals surface area (Å²) in [7, 11) is 0. The summed E-state index contributed by atoms with van der Waals surface area (Å²) in [4.78, 5) is 14.1. The number of carbonyl (C=O) groups is 1. The van der Waals surface area contributed by atoms with Crippen LogP contribution in [0.5, 0.6) is 0 Å². The first kappa shape index (κ1) is 14.6. The molecule has 0 aliphatic carbocycles. The molecule has 1 spiro atoms. The second-order valence-corrected chi connectivity index (χ2v) is 6.93. The molecule has 2 saturated heterocycles. The predicted octanol–water partition coefficient (Wildman–Crippen LogP) is 2.40. The summed E-state index contributed by atoms with van der Waals surface area (Å²) in [5.74, 6) is 1.67. The van der Waals surface area contributed by atoms with Crippen molar-refractivity contribution in [2.24, 2.45) is 11.3 Å². The van der Waals surface area contributed by atoms with Crippen molar-refractivity contribution < 1.29 is 14.1 Å². The van der Waals surface area contributed by atoms with Crippen molar-refractivity contribution in [2.45, 2.75) is 46.1 Å². The average molecular weight is 292 g/mol. The van der Waals surface area contributed by atoms with Crippen LogP contribution in [0.4, 0.5) is 0 Å². The molecule has 0 bridgehead atoms. The van der Waals surface area contributed by atoms with Crippen molar-refractivity contribution in [3.05, 3.63) is 17.5 Å². The van der Waals surface area contributed by atoms with Crippen molar-refractivity contribution in [1.29, 1.82) is 0 Å². The molecule has 5 nitrogen and oxygen atoms in total. The standard InChI is InChI=1S/C16H24N2O3/c1-12(2)7-14-8-13(17-21-14)9-18-10-16(4-3-15(18)19)5-6-20-11-16/h8,12H,3-7,9-11H2,1-2H3. The van der Waals surface area contributed by atoms with Gasteiger partial charge >= 0.3 is 0 Å². The number of hydrogen-bond donors (Lipinski definition) is 0. The molecule has 116 valence electrons. The Labute approximate surface area is 125 Å². The first-order valence-electron chi connectivity index (χ1n) is 7.86. The lowest BCUT2D eigenvalue weighted by atomic mass is 9.79. The first-order valence-corrected chi connectivity index (χ1v) is 7.86. The maximum absolute atomic E-state index is 12.1. The quantitative estimate of drug-likeness (QED) is 0.855. The van der Waals surface area contributed by atoms with Gasteiger partial charge in [-0.05, 0) is 18.8 Å². The van der Waals surface area contributed by atoms with Crippen LogP contribution < -0.4 is 0 Å². The van der Waals surface area contributed by atoms with Crippen LogP contribution in [-0.2, 0) is 22.5 Å². The average Bonchev–Trinajstić information content (AvgIpc) is 3.04. The predicted molar refractivity (Wildman–Crippen MR) is 77.6 cm³/mol. The molecule has 3 rings (SSSR count). The molecule has 5 heteroatoms. The van der Waals surface area contributed by atoms with Crippen LogP contribution in [0.1, 0.15) is 44.6 Å². The molecule has 0 saturated carbocycles. The maximum Gasteiger partial charge on any atom is 0.222 e. The van der Waals surface area contributed by atoms with Gasteiger partial charge in [-0.15, -0.1) is 0 Å². The van der Waals surface area contributed by atoms with Crippen LogP contribution in [0.15, 0.2) is 10.6 Å². The lowest BCUT2D eigenvalue weighted by molar-refractivity contribution is -0.138. The van der Waals surface area contributed by atoms with Gasteiger partial charge in [0.15, 0.2) is 0 Å². The molecule has 21 heavy (non-hydrogen) atoms. The molecule has 1 atom stereocenters. The highest BCUT2D eigenvalue weighted by molar-refractivity contribution is 5.77. The third-order valence-corrected chi connectivity index (χ3v) is 4.50. The lowest BCUT2D eigenvalue weighted by Crippen LogP contribution is -2.46. The summed E-state index contributed by atoms with van der Waals surface area (Å²) < 4.78 is 10.9. The second kappa shape index (κ2) is 5.79. The molecule has 2 aliphatic heterocycles. The Hall–Kier alpha value is -1.36. The van der Waals surface area contributed by atoms with E-state index in [1.807, 2.05) is 11.0 Å². The summed E-state index contributed by atoms with van der Waals surface area (Å²) >= 11 is 0. The Balaban J connectivity index is 1.65. The Morgan fingerprint density at radius 3 is 3.00 bits per heavy atom. The lowest BCUT2D eigenvalue weighted by Gasteiger charge is -2.38. The van der Waals surface area contributed by atoms with Crippen LogP contribution in [0.25, 0.3) is 0 Å². The zero-order valence-electron chi connectivity index (χ0n) is 12.9. The van der Waals surface area contributed by atoms with Crippen molar-refractivity contribution in [1.82, 2.24) is 10.1 Å².